The molecule has 0 fully saturated rings. The van der Waals surface area contributed by atoms with E-state index >= 15 is 0 Å². The molecule has 0 aliphatic rings. The van der Waals surface area contributed by atoms with Crippen molar-refractivity contribution in [2.75, 3.05) is 18.1 Å². The quantitative estimate of drug-likeness (QED) is 0.907. The molecule has 2 aromatic rings. The lowest BCUT2D eigenvalue weighted by molar-refractivity contribution is 0.425. The largest absolute Gasteiger partial charge is 0.369 e. The first-order chi connectivity index (χ1) is 9.00. The first-order valence-corrected chi connectivity index (χ1v) is 7.28. The molecule has 0 spiro atoms. The predicted octanol–water partition coefficient (Wildman–Crippen LogP) is 2.99. The molecule has 19 heavy (non-hydrogen) atoms. The highest BCUT2D eigenvalue weighted by molar-refractivity contribution is 7.99. The van der Waals surface area contributed by atoms with Gasteiger partial charge >= 0.3 is 0 Å². The van der Waals surface area contributed by atoms with Gasteiger partial charge in [-0.2, -0.15) is 16.7 Å². The van der Waals surface area contributed by atoms with Crippen LogP contribution in [0.2, 0.25) is 0 Å². The van der Waals surface area contributed by atoms with Gasteiger partial charge in [-0.3, -0.25) is 0 Å². The molecule has 0 unspecified atom stereocenters. The summed E-state index contributed by atoms with van der Waals surface area (Å²) in [5.41, 5.74) is 0.875. The van der Waals surface area contributed by atoms with E-state index in [4.69, 9.17) is 4.52 Å². The summed E-state index contributed by atoms with van der Waals surface area (Å²) in [5.74, 6) is 1.97. The molecule has 0 aliphatic carbocycles. The van der Waals surface area contributed by atoms with Crippen LogP contribution < -0.4 is 5.32 Å². The molecule has 5 nitrogen and oxygen atoms in total. The molecule has 0 saturated heterocycles. The minimum absolute atomic E-state index is 0.165. The van der Waals surface area contributed by atoms with Gasteiger partial charge in [-0.05, 0) is 39.2 Å². The number of pyridine rings is 1. The molecule has 0 bridgehead atoms. The number of nitrogens with one attached hydrogen (secondary N) is 1. The Hall–Kier alpha value is -1.56. The highest BCUT2D eigenvalue weighted by Crippen LogP contribution is 2.23. The third kappa shape index (κ3) is 3.70. The monoisotopic (exact) mass is 278 g/mol. The lowest BCUT2D eigenvalue weighted by Crippen LogP contribution is -2.26. The third-order valence-electron chi connectivity index (χ3n) is 2.78. The molecule has 0 radical (unpaired) electrons. The number of nitrogens with zero attached hydrogens (tertiary/aromatic N) is 3. The first-order valence-electron chi connectivity index (χ1n) is 6.06. The molecule has 6 heteroatoms. The number of rotatable bonds is 5. The van der Waals surface area contributed by atoms with Crippen LogP contribution in [0.15, 0.2) is 22.9 Å². The Balaban J connectivity index is 2.12. The zero-order chi connectivity index (χ0) is 13.9. The Bertz CT molecular complexity index is 553. The number of hydrogen-bond acceptors (Lipinski definition) is 6. The van der Waals surface area contributed by atoms with E-state index in [1.165, 1.54) is 0 Å². The SMILES string of the molecule is CSC(C)(C)CNc1cc(-c2nc(C)no2)ccn1. The molecule has 0 amide bonds. The van der Waals surface area contributed by atoms with E-state index in [0.717, 1.165) is 17.9 Å². The van der Waals surface area contributed by atoms with Crippen molar-refractivity contribution in [3.63, 3.8) is 0 Å². The molecule has 2 aromatic heterocycles. The van der Waals surface area contributed by atoms with Crippen LogP contribution in [0, 0.1) is 6.92 Å². The van der Waals surface area contributed by atoms with E-state index in [1.807, 2.05) is 23.9 Å². The van der Waals surface area contributed by atoms with Crippen molar-refractivity contribution in [2.24, 2.45) is 0 Å². The number of thioether (sulfide) groups is 1. The van der Waals surface area contributed by atoms with Gasteiger partial charge in [0.05, 0.1) is 0 Å². The molecule has 0 atom stereocenters. The fourth-order valence-corrected chi connectivity index (χ4v) is 1.67. The number of hydrogen-bond donors (Lipinski definition) is 1. The summed E-state index contributed by atoms with van der Waals surface area (Å²) in [6.07, 6.45) is 3.84. The van der Waals surface area contributed by atoms with Gasteiger partial charge in [0.2, 0.25) is 0 Å². The Labute approximate surface area is 117 Å². The number of anilines is 1. The molecule has 0 saturated carbocycles. The van der Waals surface area contributed by atoms with Gasteiger partial charge < -0.3 is 9.84 Å². The summed E-state index contributed by atoms with van der Waals surface area (Å²) >= 11 is 1.82. The van der Waals surface area contributed by atoms with Crippen molar-refractivity contribution in [1.82, 2.24) is 15.1 Å². The van der Waals surface area contributed by atoms with Crippen LogP contribution in [0.1, 0.15) is 19.7 Å². The van der Waals surface area contributed by atoms with Crippen LogP contribution in [0.3, 0.4) is 0 Å². The Morgan fingerprint density at radius 1 is 1.42 bits per heavy atom. The van der Waals surface area contributed by atoms with Crippen LogP contribution in [-0.2, 0) is 0 Å². The minimum atomic E-state index is 0.165. The molecule has 2 heterocycles. The van der Waals surface area contributed by atoms with Crippen molar-refractivity contribution >= 4 is 17.6 Å². The summed E-state index contributed by atoms with van der Waals surface area (Å²) in [5, 5.41) is 7.12. The normalized spacial score (nSPS) is 11.6. The van der Waals surface area contributed by atoms with E-state index < -0.39 is 0 Å². The Morgan fingerprint density at radius 3 is 2.84 bits per heavy atom. The van der Waals surface area contributed by atoms with Crippen molar-refractivity contribution in [3.8, 4) is 11.5 Å². The molecule has 0 aromatic carbocycles. The molecule has 0 aliphatic heterocycles. The van der Waals surface area contributed by atoms with E-state index in [0.29, 0.717) is 11.7 Å². The van der Waals surface area contributed by atoms with Gasteiger partial charge in [0, 0.05) is 23.1 Å². The molecule has 102 valence electrons. The minimum Gasteiger partial charge on any atom is -0.369 e. The van der Waals surface area contributed by atoms with Gasteiger partial charge in [-0.15, -0.1) is 0 Å². The summed E-state index contributed by atoms with van der Waals surface area (Å²) in [7, 11) is 0. The molecule has 2 rings (SSSR count). The third-order valence-corrected chi connectivity index (χ3v) is 4.03. The summed E-state index contributed by atoms with van der Waals surface area (Å²) in [6, 6.07) is 3.78. The highest BCUT2D eigenvalue weighted by atomic mass is 32.2. The summed E-state index contributed by atoms with van der Waals surface area (Å²) in [6.45, 7) is 7.02. The van der Waals surface area contributed by atoms with E-state index in [2.05, 4.69) is 40.5 Å². The fourth-order valence-electron chi connectivity index (χ4n) is 1.45. The van der Waals surface area contributed by atoms with Crippen molar-refractivity contribution in [1.29, 1.82) is 0 Å². The van der Waals surface area contributed by atoms with Crippen LogP contribution in [0.4, 0.5) is 5.82 Å². The predicted molar refractivity (Wildman–Crippen MR) is 78.3 cm³/mol. The van der Waals surface area contributed by atoms with Gasteiger partial charge in [-0.1, -0.05) is 5.16 Å². The lowest BCUT2D eigenvalue weighted by atomic mass is 10.2. The van der Waals surface area contributed by atoms with Crippen LogP contribution in [0.25, 0.3) is 11.5 Å². The second kappa shape index (κ2) is 5.61. The van der Waals surface area contributed by atoms with Gasteiger partial charge in [0.1, 0.15) is 5.82 Å². The Kier molecular flexibility index (Phi) is 4.09. The first kappa shape index (κ1) is 13.9. The molecule has 1 N–H and O–H groups in total. The van der Waals surface area contributed by atoms with Crippen LogP contribution >= 0.6 is 11.8 Å². The molecular formula is C13H18N4OS. The maximum atomic E-state index is 5.15. The lowest BCUT2D eigenvalue weighted by Gasteiger charge is -2.22. The van der Waals surface area contributed by atoms with Crippen molar-refractivity contribution in [2.45, 2.75) is 25.5 Å². The maximum absolute atomic E-state index is 5.15. The average molecular weight is 278 g/mol. The second-order valence-electron chi connectivity index (χ2n) is 4.89. The second-order valence-corrected chi connectivity index (χ2v) is 6.41. The van der Waals surface area contributed by atoms with Crippen molar-refractivity contribution < 1.29 is 4.52 Å². The molecular weight excluding hydrogens is 260 g/mol. The topological polar surface area (TPSA) is 63.8 Å². The van der Waals surface area contributed by atoms with Gasteiger partial charge in [0.15, 0.2) is 5.82 Å². The van der Waals surface area contributed by atoms with E-state index in [1.54, 1.807) is 13.1 Å². The highest BCUT2D eigenvalue weighted by Gasteiger charge is 2.16. The zero-order valence-electron chi connectivity index (χ0n) is 11.6. The average Bonchev–Trinajstić information content (AvgIpc) is 2.84. The van der Waals surface area contributed by atoms with E-state index in [-0.39, 0.29) is 4.75 Å². The van der Waals surface area contributed by atoms with E-state index in [9.17, 15) is 0 Å². The van der Waals surface area contributed by atoms with Crippen LogP contribution in [-0.4, -0.2) is 32.7 Å². The van der Waals surface area contributed by atoms with Crippen LogP contribution in [0.5, 0.6) is 0 Å². The summed E-state index contributed by atoms with van der Waals surface area (Å²) in [4.78, 5) is 8.51. The number of aryl methyl sites for hydroxylation is 1. The van der Waals surface area contributed by atoms with Gasteiger partial charge in [0.25, 0.3) is 5.89 Å². The standard InChI is InChI=1S/C13H18N4OS/c1-9-16-12(18-17-9)10-5-6-14-11(7-10)15-8-13(2,3)19-4/h5-7H,8H2,1-4H3,(H,14,15). The maximum Gasteiger partial charge on any atom is 0.258 e. The zero-order valence-corrected chi connectivity index (χ0v) is 12.4. The van der Waals surface area contributed by atoms with Crippen molar-refractivity contribution in [3.05, 3.63) is 24.2 Å². The van der Waals surface area contributed by atoms with Gasteiger partial charge in [-0.25, -0.2) is 4.98 Å². The summed E-state index contributed by atoms with van der Waals surface area (Å²) < 4.78 is 5.32. The fraction of sp³-hybridized carbons (Fsp3) is 0.462. The Morgan fingerprint density at radius 2 is 2.21 bits per heavy atom. The smallest absolute Gasteiger partial charge is 0.258 e. The number of aromatic nitrogens is 3.